The van der Waals surface area contributed by atoms with Gasteiger partial charge in [0.2, 0.25) is 5.91 Å². The van der Waals surface area contributed by atoms with Gasteiger partial charge in [-0.05, 0) is 68.1 Å². The molecule has 4 heterocycles. The van der Waals surface area contributed by atoms with Gasteiger partial charge in [0, 0.05) is 60.2 Å². The molecule has 180 valence electrons. The van der Waals surface area contributed by atoms with Crippen LogP contribution in [0.4, 0.5) is 0 Å². The molecule has 0 bridgehead atoms. The van der Waals surface area contributed by atoms with Gasteiger partial charge in [-0.15, -0.1) is 0 Å². The van der Waals surface area contributed by atoms with Crippen molar-refractivity contribution in [2.24, 2.45) is 0 Å². The molecule has 1 unspecified atom stereocenters. The number of pyridine rings is 2. The number of rotatable bonds is 5. The van der Waals surface area contributed by atoms with Gasteiger partial charge < -0.3 is 9.88 Å². The van der Waals surface area contributed by atoms with Crippen LogP contribution in [-0.2, 0) is 10.2 Å². The first kappa shape index (κ1) is 23.5. The molecule has 0 fully saturated rings. The average molecular weight is 476 g/mol. The van der Waals surface area contributed by atoms with E-state index in [9.17, 15) is 10.1 Å². The van der Waals surface area contributed by atoms with Crippen LogP contribution >= 0.6 is 0 Å². The zero-order valence-corrected chi connectivity index (χ0v) is 20.8. The van der Waals surface area contributed by atoms with Gasteiger partial charge in [0.1, 0.15) is 5.65 Å². The van der Waals surface area contributed by atoms with Gasteiger partial charge in [-0.2, -0.15) is 5.26 Å². The van der Waals surface area contributed by atoms with Crippen LogP contribution in [0.3, 0.4) is 0 Å². The maximum absolute atomic E-state index is 12.8. The maximum atomic E-state index is 12.8. The van der Waals surface area contributed by atoms with Crippen LogP contribution in [0.2, 0.25) is 0 Å². The fourth-order valence-electron chi connectivity index (χ4n) is 4.82. The Morgan fingerprint density at radius 3 is 2.67 bits per heavy atom. The lowest BCUT2D eigenvalue weighted by molar-refractivity contribution is -0.128. The Labute approximate surface area is 211 Å². The van der Waals surface area contributed by atoms with Gasteiger partial charge in [-0.1, -0.05) is 24.3 Å². The summed E-state index contributed by atoms with van der Waals surface area (Å²) in [5.41, 5.74) is 6.32. The predicted octanol–water partition coefficient (Wildman–Crippen LogP) is 6.19. The van der Waals surface area contributed by atoms with Gasteiger partial charge in [-0.25, -0.2) is 4.98 Å². The Morgan fingerprint density at radius 2 is 1.92 bits per heavy atom. The molecule has 0 radical (unpaired) electrons. The fourth-order valence-corrected chi connectivity index (χ4v) is 4.82. The van der Waals surface area contributed by atoms with Gasteiger partial charge in [-0.3, -0.25) is 9.78 Å². The highest BCUT2D eigenvalue weighted by atomic mass is 16.2. The van der Waals surface area contributed by atoms with Crippen molar-refractivity contribution in [1.82, 2.24) is 19.9 Å². The normalized spacial score (nSPS) is 16.5. The molecule has 0 aliphatic carbocycles. The summed E-state index contributed by atoms with van der Waals surface area (Å²) in [6, 6.07) is 18.8. The minimum absolute atomic E-state index is 0.0118. The molecule has 1 atom stereocenters. The smallest absolute Gasteiger partial charge is 0.226 e. The highest BCUT2D eigenvalue weighted by Gasteiger charge is 2.27. The molecule has 6 nitrogen and oxygen atoms in total. The van der Waals surface area contributed by atoms with Crippen molar-refractivity contribution in [3.05, 3.63) is 90.1 Å². The summed E-state index contributed by atoms with van der Waals surface area (Å²) in [5, 5.41) is 10.6. The minimum atomic E-state index is -0.555. The number of fused-ring (bicyclic) bond motifs is 1. The third-order valence-electron chi connectivity index (χ3n) is 7.08. The van der Waals surface area contributed by atoms with Gasteiger partial charge in [0.05, 0.1) is 17.2 Å². The fraction of sp³-hybridized carbons (Fsp3) is 0.267. The molecule has 0 spiro atoms. The Hall–Kier alpha value is -4.24. The molecule has 3 aromatic heterocycles. The molecule has 36 heavy (non-hydrogen) atoms. The summed E-state index contributed by atoms with van der Waals surface area (Å²) in [6.07, 6.45) is 8.73. The number of allylic oxidation sites excluding steroid dienone is 1. The number of carbonyl (C=O) groups is 1. The van der Waals surface area contributed by atoms with E-state index >= 15 is 0 Å². The number of carbonyl (C=O) groups excluding carboxylic acids is 1. The summed E-state index contributed by atoms with van der Waals surface area (Å²) in [6.45, 7) is 6.45. The van der Waals surface area contributed by atoms with Crippen molar-refractivity contribution in [3.8, 4) is 17.2 Å². The zero-order valence-electron chi connectivity index (χ0n) is 20.8. The van der Waals surface area contributed by atoms with Crippen LogP contribution in [0.1, 0.15) is 56.4 Å². The SMILES string of the molecule is CCN1C=C(c2cc(-c3cnc4[nH]ccc4c3)ccn2)C(c2ccc(C(C)(C)C#N)cc2)CCC1=O. The van der Waals surface area contributed by atoms with Gasteiger partial charge in [0.15, 0.2) is 0 Å². The monoisotopic (exact) mass is 475 g/mol. The number of nitrogens with one attached hydrogen (secondary N) is 1. The van der Waals surface area contributed by atoms with Crippen molar-refractivity contribution in [1.29, 1.82) is 5.26 Å². The van der Waals surface area contributed by atoms with E-state index in [0.717, 1.165) is 44.6 Å². The topological polar surface area (TPSA) is 85.7 Å². The minimum Gasteiger partial charge on any atom is -0.346 e. The Balaban J connectivity index is 1.58. The highest BCUT2D eigenvalue weighted by Crippen LogP contribution is 2.39. The molecule has 6 heteroatoms. The molecule has 5 rings (SSSR count). The van der Waals surface area contributed by atoms with Gasteiger partial charge >= 0.3 is 0 Å². The number of amides is 1. The van der Waals surface area contributed by atoms with Crippen LogP contribution in [0.15, 0.2) is 73.3 Å². The molecular weight excluding hydrogens is 446 g/mol. The Bertz CT molecular complexity index is 1490. The first-order chi connectivity index (χ1) is 17.4. The third-order valence-corrected chi connectivity index (χ3v) is 7.08. The lowest BCUT2D eigenvalue weighted by Gasteiger charge is -2.22. The first-order valence-electron chi connectivity index (χ1n) is 12.3. The van der Waals surface area contributed by atoms with Crippen LogP contribution in [0.25, 0.3) is 27.7 Å². The molecule has 4 aromatic rings. The molecular formula is C30H29N5O. The Kier molecular flexibility index (Phi) is 6.15. The zero-order chi connectivity index (χ0) is 25.3. The second-order valence-corrected chi connectivity index (χ2v) is 9.78. The van der Waals surface area contributed by atoms with Crippen LogP contribution < -0.4 is 0 Å². The second-order valence-electron chi connectivity index (χ2n) is 9.78. The van der Waals surface area contributed by atoms with E-state index in [0.29, 0.717) is 19.4 Å². The molecule has 0 saturated carbocycles. The summed E-state index contributed by atoms with van der Waals surface area (Å²) in [4.78, 5) is 27.0. The van der Waals surface area contributed by atoms with Crippen molar-refractivity contribution in [3.63, 3.8) is 0 Å². The first-order valence-corrected chi connectivity index (χ1v) is 12.3. The van der Waals surface area contributed by atoms with E-state index in [4.69, 9.17) is 4.98 Å². The Morgan fingerprint density at radius 1 is 1.11 bits per heavy atom. The summed E-state index contributed by atoms with van der Waals surface area (Å²) < 4.78 is 0. The quantitative estimate of drug-likeness (QED) is 0.373. The molecule has 1 aromatic carbocycles. The van der Waals surface area contributed by atoms with Crippen molar-refractivity contribution in [2.75, 3.05) is 6.54 Å². The number of nitriles is 1. The number of nitrogens with zero attached hydrogens (tertiary/aromatic N) is 4. The van der Waals surface area contributed by atoms with Crippen LogP contribution in [0.5, 0.6) is 0 Å². The molecule has 0 saturated heterocycles. The van der Waals surface area contributed by atoms with E-state index in [-0.39, 0.29) is 11.8 Å². The van der Waals surface area contributed by atoms with Crippen LogP contribution in [0, 0.1) is 11.3 Å². The van der Waals surface area contributed by atoms with Crippen molar-refractivity contribution < 1.29 is 4.79 Å². The lowest BCUT2D eigenvalue weighted by Crippen LogP contribution is -2.24. The maximum Gasteiger partial charge on any atom is 0.226 e. The predicted molar refractivity (Wildman–Crippen MR) is 142 cm³/mol. The molecule has 1 aliphatic heterocycles. The molecule has 1 aliphatic rings. The number of hydrogen-bond acceptors (Lipinski definition) is 4. The number of H-pyrrole nitrogens is 1. The largest absolute Gasteiger partial charge is 0.346 e. The van der Waals surface area contributed by atoms with Gasteiger partial charge in [0.25, 0.3) is 0 Å². The van der Waals surface area contributed by atoms with E-state index < -0.39 is 5.41 Å². The summed E-state index contributed by atoms with van der Waals surface area (Å²) in [5.74, 6) is 0.135. The standard InChI is InChI=1S/C30H29N5O/c1-4-35-18-26(25(9-10-28(35)36)20-5-7-24(8-6-20)30(2,3)19-31)27-16-21(11-13-32-27)23-15-22-12-14-33-29(22)34-17-23/h5-8,11-18,25H,4,9-10H2,1-3H3,(H,33,34). The number of benzene rings is 1. The molecule has 1 amide bonds. The molecule has 1 N–H and O–H groups in total. The number of aromatic nitrogens is 3. The summed E-state index contributed by atoms with van der Waals surface area (Å²) >= 11 is 0. The van der Waals surface area contributed by atoms with E-state index in [1.807, 2.05) is 69.8 Å². The second kappa shape index (κ2) is 9.43. The summed E-state index contributed by atoms with van der Waals surface area (Å²) in [7, 11) is 0. The highest BCUT2D eigenvalue weighted by molar-refractivity contribution is 5.85. The average Bonchev–Trinajstić information content (AvgIpc) is 3.31. The number of aromatic amines is 1. The third kappa shape index (κ3) is 4.40. The number of hydrogen-bond donors (Lipinski definition) is 1. The van der Waals surface area contributed by atoms with E-state index in [1.165, 1.54) is 0 Å². The van der Waals surface area contributed by atoms with Crippen molar-refractivity contribution in [2.45, 2.75) is 44.9 Å². The van der Waals surface area contributed by atoms with Crippen LogP contribution in [-0.4, -0.2) is 32.3 Å². The lowest BCUT2D eigenvalue weighted by atomic mass is 9.82. The van der Waals surface area contributed by atoms with E-state index in [2.05, 4.69) is 40.3 Å². The van der Waals surface area contributed by atoms with E-state index in [1.54, 1.807) is 4.90 Å². The van der Waals surface area contributed by atoms with Crippen molar-refractivity contribution >= 4 is 22.5 Å².